The third-order valence-corrected chi connectivity index (χ3v) is 2.89. The number of fused-ring (bicyclic) bond motifs is 1. The summed E-state index contributed by atoms with van der Waals surface area (Å²) in [5, 5.41) is 0. The first-order valence-corrected chi connectivity index (χ1v) is 5.43. The van der Waals surface area contributed by atoms with E-state index in [0.29, 0.717) is 24.8 Å². The maximum atomic E-state index is 13.0. The second-order valence-corrected chi connectivity index (χ2v) is 3.95. The summed E-state index contributed by atoms with van der Waals surface area (Å²) < 4.78 is 18.6. The van der Waals surface area contributed by atoms with E-state index in [1.807, 2.05) is 6.07 Å². The number of ether oxygens (including phenoxy) is 1. The Bertz CT molecular complexity index is 340. The normalized spacial score (nSPS) is 20.3. The second-order valence-electron chi connectivity index (χ2n) is 3.95. The van der Waals surface area contributed by atoms with Gasteiger partial charge in [-0.2, -0.15) is 0 Å². The Labute approximate surface area is 89.2 Å². The molecule has 0 aromatic heterocycles. The molecule has 1 unspecified atom stereocenters. The van der Waals surface area contributed by atoms with Crippen LogP contribution in [0.5, 0.6) is 5.75 Å². The fourth-order valence-corrected chi connectivity index (χ4v) is 2.14. The number of rotatable bonds is 2. The predicted molar refractivity (Wildman–Crippen MR) is 57.5 cm³/mol. The number of halogens is 1. The van der Waals surface area contributed by atoms with Crippen LogP contribution in [0.3, 0.4) is 0 Å². The molecule has 1 aromatic rings. The second kappa shape index (κ2) is 4.62. The van der Waals surface area contributed by atoms with Crippen LogP contribution in [0, 0.1) is 5.82 Å². The molecule has 0 aliphatic carbocycles. The topological polar surface area (TPSA) is 35.2 Å². The zero-order chi connectivity index (χ0) is 10.7. The lowest BCUT2D eigenvalue weighted by molar-refractivity contribution is 0.314. The molecule has 1 aromatic carbocycles. The van der Waals surface area contributed by atoms with Crippen LogP contribution >= 0.6 is 0 Å². The minimum absolute atomic E-state index is 0.234. The maximum Gasteiger partial charge on any atom is 0.126 e. The van der Waals surface area contributed by atoms with Crippen molar-refractivity contribution < 1.29 is 9.13 Å². The molecular weight excluding hydrogens is 193 g/mol. The fraction of sp³-hybridized carbons (Fsp3) is 0.500. The van der Waals surface area contributed by atoms with Crippen molar-refractivity contribution in [3.05, 3.63) is 29.6 Å². The van der Waals surface area contributed by atoms with Gasteiger partial charge in [-0.15, -0.1) is 0 Å². The minimum Gasteiger partial charge on any atom is -0.493 e. The highest BCUT2D eigenvalue weighted by atomic mass is 19.1. The molecule has 1 heterocycles. The first-order chi connectivity index (χ1) is 7.31. The third-order valence-electron chi connectivity index (χ3n) is 2.89. The molecule has 0 spiro atoms. The van der Waals surface area contributed by atoms with Crippen LogP contribution in [0.1, 0.15) is 30.7 Å². The average molecular weight is 209 g/mol. The first kappa shape index (κ1) is 10.4. The van der Waals surface area contributed by atoms with Gasteiger partial charge in [-0.05, 0) is 43.4 Å². The Hall–Kier alpha value is -1.09. The van der Waals surface area contributed by atoms with Crippen molar-refractivity contribution in [1.82, 2.24) is 0 Å². The van der Waals surface area contributed by atoms with Crippen molar-refractivity contribution in [3.63, 3.8) is 0 Å². The van der Waals surface area contributed by atoms with Gasteiger partial charge in [-0.25, -0.2) is 4.39 Å². The van der Waals surface area contributed by atoms with Crippen LogP contribution in [-0.4, -0.2) is 13.2 Å². The standard InChI is InChI=1S/C12H16FNO/c13-10-3-4-11-9(5-6-14)2-1-7-15-12(11)8-10/h3-4,8-9H,1-2,5-7,14H2. The summed E-state index contributed by atoms with van der Waals surface area (Å²) in [6.07, 6.45) is 3.04. The van der Waals surface area contributed by atoms with Gasteiger partial charge >= 0.3 is 0 Å². The highest BCUT2D eigenvalue weighted by Gasteiger charge is 2.19. The Kier molecular flexibility index (Phi) is 3.21. The van der Waals surface area contributed by atoms with E-state index in [2.05, 4.69) is 0 Å². The van der Waals surface area contributed by atoms with Crippen LogP contribution in [0.2, 0.25) is 0 Å². The van der Waals surface area contributed by atoms with Gasteiger partial charge < -0.3 is 10.5 Å². The molecule has 2 N–H and O–H groups in total. The molecule has 0 bridgehead atoms. The average Bonchev–Trinajstić information content (AvgIpc) is 2.41. The van der Waals surface area contributed by atoms with E-state index in [4.69, 9.17) is 10.5 Å². The summed E-state index contributed by atoms with van der Waals surface area (Å²) in [6, 6.07) is 4.80. The van der Waals surface area contributed by atoms with Crippen molar-refractivity contribution in [3.8, 4) is 5.75 Å². The Morgan fingerprint density at radius 1 is 1.47 bits per heavy atom. The van der Waals surface area contributed by atoms with Crippen LogP contribution < -0.4 is 10.5 Å². The Morgan fingerprint density at radius 3 is 3.13 bits per heavy atom. The van der Waals surface area contributed by atoms with E-state index >= 15 is 0 Å². The quantitative estimate of drug-likeness (QED) is 0.811. The van der Waals surface area contributed by atoms with Crippen LogP contribution in [0.4, 0.5) is 4.39 Å². The lowest BCUT2D eigenvalue weighted by Gasteiger charge is -2.15. The van der Waals surface area contributed by atoms with Gasteiger partial charge in [0, 0.05) is 6.07 Å². The minimum atomic E-state index is -0.234. The molecule has 0 saturated carbocycles. The number of hydrogen-bond acceptors (Lipinski definition) is 2. The summed E-state index contributed by atoms with van der Waals surface area (Å²) in [7, 11) is 0. The van der Waals surface area contributed by atoms with Crippen LogP contribution in [0.25, 0.3) is 0 Å². The summed E-state index contributed by atoms with van der Waals surface area (Å²) in [5.74, 6) is 0.890. The monoisotopic (exact) mass is 209 g/mol. The largest absolute Gasteiger partial charge is 0.493 e. The molecule has 2 nitrogen and oxygen atoms in total. The summed E-state index contributed by atoms with van der Waals surface area (Å²) in [6.45, 7) is 1.35. The maximum absolute atomic E-state index is 13.0. The Balaban J connectivity index is 2.32. The highest BCUT2D eigenvalue weighted by Crippen LogP contribution is 2.35. The molecule has 0 radical (unpaired) electrons. The van der Waals surface area contributed by atoms with E-state index in [9.17, 15) is 4.39 Å². The van der Waals surface area contributed by atoms with E-state index in [-0.39, 0.29) is 5.82 Å². The summed E-state index contributed by atoms with van der Waals surface area (Å²) in [4.78, 5) is 0. The van der Waals surface area contributed by atoms with E-state index in [1.54, 1.807) is 0 Å². The fourth-order valence-electron chi connectivity index (χ4n) is 2.14. The SMILES string of the molecule is NCCC1CCCOc2cc(F)ccc21. The van der Waals surface area contributed by atoms with Gasteiger partial charge in [0.2, 0.25) is 0 Å². The van der Waals surface area contributed by atoms with Crippen molar-refractivity contribution in [1.29, 1.82) is 0 Å². The first-order valence-electron chi connectivity index (χ1n) is 5.43. The van der Waals surface area contributed by atoms with Crippen LogP contribution in [0.15, 0.2) is 18.2 Å². The Morgan fingerprint density at radius 2 is 2.33 bits per heavy atom. The van der Waals surface area contributed by atoms with E-state index in [1.165, 1.54) is 12.1 Å². The smallest absolute Gasteiger partial charge is 0.126 e. The number of nitrogens with two attached hydrogens (primary N) is 1. The van der Waals surface area contributed by atoms with Gasteiger partial charge in [-0.3, -0.25) is 0 Å². The molecular formula is C12H16FNO. The van der Waals surface area contributed by atoms with Crippen LogP contribution in [-0.2, 0) is 0 Å². The molecule has 1 atom stereocenters. The highest BCUT2D eigenvalue weighted by molar-refractivity contribution is 5.37. The molecule has 15 heavy (non-hydrogen) atoms. The summed E-state index contributed by atoms with van der Waals surface area (Å²) >= 11 is 0. The molecule has 0 saturated heterocycles. The van der Waals surface area contributed by atoms with Gasteiger partial charge in [0.1, 0.15) is 11.6 Å². The zero-order valence-electron chi connectivity index (χ0n) is 8.71. The van der Waals surface area contributed by atoms with Gasteiger partial charge in [-0.1, -0.05) is 6.07 Å². The van der Waals surface area contributed by atoms with E-state index < -0.39 is 0 Å². The molecule has 1 aliphatic heterocycles. The van der Waals surface area contributed by atoms with Crippen molar-refractivity contribution in [2.75, 3.05) is 13.2 Å². The molecule has 1 aliphatic rings. The molecule has 2 rings (SSSR count). The third kappa shape index (κ3) is 2.29. The lowest BCUT2D eigenvalue weighted by Crippen LogP contribution is -2.07. The number of benzene rings is 1. The molecule has 82 valence electrons. The van der Waals surface area contributed by atoms with E-state index in [0.717, 1.165) is 24.8 Å². The van der Waals surface area contributed by atoms with Crippen molar-refractivity contribution in [2.24, 2.45) is 5.73 Å². The van der Waals surface area contributed by atoms with Gasteiger partial charge in [0.05, 0.1) is 6.61 Å². The molecule has 0 amide bonds. The van der Waals surface area contributed by atoms with Crippen molar-refractivity contribution in [2.45, 2.75) is 25.2 Å². The van der Waals surface area contributed by atoms with Gasteiger partial charge in [0.15, 0.2) is 0 Å². The molecule has 0 fully saturated rings. The lowest BCUT2D eigenvalue weighted by atomic mass is 9.91. The molecule has 3 heteroatoms. The predicted octanol–water partition coefficient (Wildman–Crippen LogP) is 2.43. The van der Waals surface area contributed by atoms with Crippen molar-refractivity contribution >= 4 is 0 Å². The number of hydrogen-bond donors (Lipinski definition) is 1. The zero-order valence-corrected chi connectivity index (χ0v) is 8.71. The summed E-state index contributed by atoms with van der Waals surface area (Å²) in [5.41, 5.74) is 6.69. The van der Waals surface area contributed by atoms with Gasteiger partial charge in [0.25, 0.3) is 0 Å².